The number of nitrogens with one attached hydrogen (secondary N) is 3. The molecule has 5 rings (SSSR count). The molecule has 0 bridgehead atoms. The highest BCUT2D eigenvalue weighted by molar-refractivity contribution is 6.00. The number of hydrogen-bond acceptors (Lipinski definition) is 6. The molecule has 5 N–H and O–H groups in total. The van der Waals surface area contributed by atoms with Crippen LogP contribution in [-0.2, 0) is 16.0 Å². The molecule has 206 valence electrons. The highest BCUT2D eigenvalue weighted by Crippen LogP contribution is 2.51. The fourth-order valence-electron chi connectivity index (χ4n) is 6.04. The molecule has 9 heteroatoms. The minimum atomic E-state index is -0.567. The number of fused-ring (bicyclic) bond motifs is 1. The predicted molar refractivity (Wildman–Crippen MR) is 147 cm³/mol. The van der Waals surface area contributed by atoms with Crippen LogP contribution < -0.4 is 21.7 Å². The number of carbonyl (C=O) groups is 2. The number of methoxy groups -OCH3 is 1. The zero-order valence-electron chi connectivity index (χ0n) is 22.8. The van der Waals surface area contributed by atoms with Gasteiger partial charge in [-0.05, 0) is 99.5 Å². The molecule has 3 aliphatic carbocycles. The Labute approximate surface area is 225 Å². The first kappa shape index (κ1) is 26.8. The van der Waals surface area contributed by atoms with Crippen molar-refractivity contribution in [1.82, 2.24) is 20.4 Å². The Morgan fingerprint density at radius 3 is 2.53 bits per heavy atom. The van der Waals surface area contributed by atoms with Gasteiger partial charge in [-0.3, -0.25) is 14.3 Å². The van der Waals surface area contributed by atoms with Gasteiger partial charge >= 0.3 is 0 Å². The first-order valence-corrected chi connectivity index (χ1v) is 14.1. The summed E-state index contributed by atoms with van der Waals surface area (Å²) in [6, 6.07) is 7.59. The van der Waals surface area contributed by atoms with Crippen LogP contribution in [0.25, 0.3) is 0 Å². The second-order valence-electron chi connectivity index (χ2n) is 11.6. The maximum Gasteiger partial charge on any atom is 0.270 e. The third-order valence-electron chi connectivity index (χ3n) is 8.17. The SMILES string of the molecule is COC[C@@H](N)CN[C@@H]1CCc2cc(NC(=O)[C@@H](NC(=O)c3ccnn3C(C)C)C(C3CC3)C3CC3)ccc21. The molecular weight excluding hydrogens is 480 g/mol. The number of benzene rings is 1. The molecule has 3 atom stereocenters. The molecule has 1 aromatic heterocycles. The van der Waals surface area contributed by atoms with Gasteiger partial charge in [-0.1, -0.05) is 6.07 Å². The van der Waals surface area contributed by atoms with E-state index in [1.807, 2.05) is 19.9 Å². The molecule has 0 spiro atoms. The maximum atomic E-state index is 13.8. The van der Waals surface area contributed by atoms with E-state index in [0.29, 0.717) is 30.7 Å². The second kappa shape index (κ2) is 11.6. The van der Waals surface area contributed by atoms with E-state index in [2.05, 4.69) is 33.2 Å². The lowest BCUT2D eigenvalue weighted by molar-refractivity contribution is -0.119. The summed E-state index contributed by atoms with van der Waals surface area (Å²) in [6.45, 7) is 5.20. The van der Waals surface area contributed by atoms with Crippen LogP contribution in [0.15, 0.2) is 30.5 Å². The standard InChI is InChI=1S/C29H42N6O3/c1-17(2)35-25(12-13-32-35)28(36)34-27(26(18-4-5-18)19-6-7-19)29(37)33-22-9-10-23-20(14-22)8-11-24(23)31-15-21(30)16-38-3/h9-10,12-14,17-19,21,24,26-27,31H,4-8,11,15-16,30H2,1-3H3,(H,33,37)(H,34,36)/t21-,24+,27-/m0/s1. The van der Waals surface area contributed by atoms with Crippen LogP contribution in [0.5, 0.6) is 0 Å². The number of ether oxygens (including phenoxy) is 1. The molecule has 3 aliphatic rings. The van der Waals surface area contributed by atoms with Gasteiger partial charge < -0.3 is 26.4 Å². The number of anilines is 1. The van der Waals surface area contributed by atoms with E-state index >= 15 is 0 Å². The van der Waals surface area contributed by atoms with Crippen molar-refractivity contribution in [2.45, 2.75) is 76.5 Å². The summed E-state index contributed by atoms with van der Waals surface area (Å²) in [6.07, 6.45) is 8.11. The average molecular weight is 523 g/mol. The fraction of sp³-hybridized carbons (Fsp3) is 0.621. The van der Waals surface area contributed by atoms with Crippen LogP contribution in [0.1, 0.15) is 79.7 Å². The van der Waals surface area contributed by atoms with Gasteiger partial charge in [-0.25, -0.2) is 0 Å². The number of hydrogen-bond donors (Lipinski definition) is 4. The van der Waals surface area contributed by atoms with E-state index in [1.54, 1.807) is 24.1 Å². The number of rotatable bonds is 13. The number of aromatic nitrogens is 2. The summed E-state index contributed by atoms with van der Waals surface area (Å²) in [5.74, 6) is 0.816. The molecule has 0 radical (unpaired) electrons. The average Bonchev–Trinajstić information content (AvgIpc) is 3.81. The van der Waals surface area contributed by atoms with Crippen LogP contribution in [0.3, 0.4) is 0 Å². The van der Waals surface area contributed by atoms with Crippen LogP contribution in [-0.4, -0.2) is 53.9 Å². The Morgan fingerprint density at radius 1 is 1.13 bits per heavy atom. The fourth-order valence-corrected chi connectivity index (χ4v) is 6.04. The Bertz CT molecular complexity index is 1130. The van der Waals surface area contributed by atoms with Gasteiger partial charge in [0.15, 0.2) is 0 Å². The minimum Gasteiger partial charge on any atom is -0.383 e. The van der Waals surface area contributed by atoms with E-state index < -0.39 is 6.04 Å². The van der Waals surface area contributed by atoms with Crippen LogP contribution in [0.2, 0.25) is 0 Å². The smallest absolute Gasteiger partial charge is 0.270 e. The Kier molecular flexibility index (Phi) is 8.16. The van der Waals surface area contributed by atoms with Gasteiger partial charge in [0, 0.05) is 43.7 Å². The first-order chi connectivity index (χ1) is 18.4. The Balaban J connectivity index is 1.29. The van der Waals surface area contributed by atoms with Crippen molar-refractivity contribution < 1.29 is 14.3 Å². The summed E-state index contributed by atoms with van der Waals surface area (Å²) in [5, 5.41) is 14.1. The molecule has 0 aliphatic heterocycles. The number of nitrogens with zero attached hydrogens (tertiary/aromatic N) is 2. The van der Waals surface area contributed by atoms with Crippen molar-refractivity contribution in [2.24, 2.45) is 23.5 Å². The van der Waals surface area contributed by atoms with Gasteiger partial charge in [-0.2, -0.15) is 5.10 Å². The van der Waals surface area contributed by atoms with Gasteiger partial charge in [0.05, 0.1) is 6.61 Å². The van der Waals surface area contributed by atoms with Crippen LogP contribution in [0.4, 0.5) is 5.69 Å². The van der Waals surface area contributed by atoms with E-state index in [4.69, 9.17) is 10.5 Å². The van der Waals surface area contributed by atoms with Gasteiger partial charge in [0.2, 0.25) is 5.91 Å². The lowest BCUT2D eigenvalue weighted by Gasteiger charge is -2.28. The van der Waals surface area contributed by atoms with E-state index in [1.165, 1.54) is 11.1 Å². The highest BCUT2D eigenvalue weighted by atomic mass is 16.5. The molecule has 1 aromatic carbocycles. The maximum absolute atomic E-state index is 13.8. The number of aryl methyl sites for hydroxylation is 1. The summed E-state index contributed by atoms with van der Waals surface area (Å²) in [5.41, 5.74) is 9.85. The zero-order chi connectivity index (χ0) is 26.8. The molecule has 38 heavy (non-hydrogen) atoms. The lowest BCUT2D eigenvalue weighted by atomic mass is 9.88. The van der Waals surface area contributed by atoms with Crippen molar-refractivity contribution in [1.29, 1.82) is 0 Å². The minimum absolute atomic E-state index is 0.0418. The van der Waals surface area contributed by atoms with Crippen LogP contribution >= 0.6 is 0 Å². The largest absolute Gasteiger partial charge is 0.383 e. The first-order valence-electron chi connectivity index (χ1n) is 14.1. The monoisotopic (exact) mass is 522 g/mol. The van der Waals surface area contributed by atoms with E-state index in [0.717, 1.165) is 44.2 Å². The molecular formula is C29H42N6O3. The van der Waals surface area contributed by atoms with Crippen molar-refractivity contribution >= 4 is 17.5 Å². The van der Waals surface area contributed by atoms with Gasteiger partial charge in [-0.15, -0.1) is 0 Å². The lowest BCUT2D eigenvalue weighted by Crippen LogP contribution is -2.50. The summed E-state index contributed by atoms with van der Waals surface area (Å²) >= 11 is 0. The molecule has 2 saturated carbocycles. The van der Waals surface area contributed by atoms with E-state index in [9.17, 15) is 9.59 Å². The van der Waals surface area contributed by atoms with Crippen LogP contribution in [0, 0.1) is 17.8 Å². The summed E-state index contributed by atoms with van der Waals surface area (Å²) in [4.78, 5) is 27.1. The highest BCUT2D eigenvalue weighted by Gasteiger charge is 2.48. The number of nitrogens with two attached hydrogens (primary N) is 1. The summed E-state index contributed by atoms with van der Waals surface area (Å²) in [7, 11) is 1.66. The quantitative estimate of drug-likeness (QED) is 0.320. The van der Waals surface area contributed by atoms with Crippen molar-refractivity contribution in [2.75, 3.05) is 25.6 Å². The topological polar surface area (TPSA) is 123 Å². The molecule has 9 nitrogen and oxygen atoms in total. The third-order valence-corrected chi connectivity index (χ3v) is 8.17. The Hall–Kier alpha value is -2.75. The number of amides is 2. The van der Waals surface area contributed by atoms with Crippen molar-refractivity contribution in [3.05, 3.63) is 47.3 Å². The summed E-state index contributed by atoms with van der Waals surface area (Å²) < 4.78 is 6.85. The molecule has 2 aromatic rings. The molecule has 0 unspecified atom stereocenters. The zero-order valence-corrected chi connectivity index (χ0v) is 22.8. The van der Waals surface area contributed by atoms with Gasteiger partial charge in [0.25, 0.3) is 5.91 Å². The van der Waals surface area contributed by atoms with Crippen molar-refractivity contribution in [3.8, 4) is 0 Å². The second-order valence-corrected chi connectivity index (χ2v) is 11.6. The molecule has 0 saturated heterocycles. The van der Waals surface area contributed by atoms with E-state index in [-0.39, 0.29) is 35.9 Å². The number of carbonyl (C=O) groups excluding carboxylic acids is 2. The predicted octanol–water partition coefficient (Wildman–Crippen LogP) is 3.19. The van der Waals surface area contributed by atoms with Gasteiger partial charge in [0.1, 0.15) is 11.7 Å². The normalized spacial score (nSPS) is 20.4. The molecule has 1 heterocycles. The molecule has 2 fully saturated rings. The third kappa shape index (κ3) is 6.11. The Morgan fingerprint density at radius 2 is 1.87 bits per heavy atom. The molecule has 2 amide bonds. The van der Waals surface area contributed by atoms with Crippen molar-refractivity contribution in [3.63, 3.8) is 0 Å².